The molecule has 0 fully saturated rings. The van der Waals surface area contributed by atoms with Crippen LogP contribution in [0.3, 0.4) is 0 Å². The quantitative estimate of drug-likeness (QED) is 0.613. The standard InChI is InChI=1S/C21H21N3O3S/c25-21(23-16-18-10-7-13-22-15-18)20(14-17-8-3-1-4-9-17)24-28(26,27)19-11-5-2-6-12-19/h1-13,15,20,24H,14,16H2,(H,23,25)/t20-/m1/s1. The monoisotopic (exact) mass is 395 g/mol. The SMILES string of the molecule is O=C(NCc1cccnc1)[C@@H](Cc1ccccc1)NS(=O)(=O)c1ccccc1. The molecule has 2 N–H and O–H groups in total. The summed E-state index contributed by atoms with van der Waals surface area (Å²) in [6.07, 6.45) is 3.55. The number of aromatic nitrogens is 1. The molecule has 0 aliphatic carbocycles. The zero-order valence-corrected chi connectivity index (χ0v) is 16.0. The maximum atomic E-state index is 12.8. The summed E-state index contributed by atoms with van der Waals surface area (Å²) in [7, 11) is -3.83. The Morgan fingerprint density at radius 1 is 0.893 bits per heavy atom. The smallest absolute Gasteiger partial charge is 0.241 e. The van der Waals surface area contributed by atoms with Crippen molar-refractivity contribution in [3.8, 4) is 0 Å². The van der Waals surface area contributed by atoms with Crippen LogP contribution in [0.15, 0.2) is 90.1 Å². The number of hydrogen-bond acceptors (Lipinski definition) is 4. The number of pyridine rings is 1. The number of hydrogen-bond donors (Lipinski definition) is 2. The molecular weight excluding hydrogens is 374 g/mol. The molecule has 144 valence electrons. The average Bonchev–Trinajstić information content (AvgIpc) is 2.73. The van der Waals surface area contributed by atoms with Gasteiger partial charge in [-0.2, -0.15) is 4.72 Å². The molecule has 1 heterocycles. The Bertz CT molecular complexity index is 995. The fraction of sp³-hybridized carbons (Fsp3) is 0.143. The number of sulfonamides is 1. The van der Waals surface area contributed by atoms with Gasteiger partial charge in [0.2, 0.25) is 15.9 Å². The second-order valence-electron chi connectivity index (χ2n) is 6.26. The highest BCUT2D eigenvalue weighted by atomic mass is 32.2. The third kappa shape index (κ3) is 5.48. The molecule has 6 nitrogen and oxygen atoms in total. The molecule has 7 heteroatoms. The molecule has 0 aliphatic heterocycles. The van der Waals surface area contributed by atoms with Crippen LogP contribution in [0.4, 0.5) is 0 Å². The lowest BCUT2D eigenvalue weighted by molar-refractivity contribution is -0.122. The van der Waals surface area contributed by atoms with Gasteiger partial charge in [0, 0.05) is 18.9 Å². The number of carbonyl (C=O) groups excluding carboxylic acids is 1. The van der Waals surface area contributed by atoms with E-state index in [0.29, 0.717) is 0 Å². The Kier molecular flexibility index (Phi) is 6.52. The molecule has 3 rings (SSSR count). The van der Waals surface area contributed by atoms with E-state index < -0.39 is 22.0 Å². The van der Waals surface area contributed by atoms with Crippen LogP contribution in [0.1, 0.15) is 11.1 Å². The number of nitrogens with one attached hydrogen (secondary N) is 2. The lowest BCUT2D eigenvalue weighted by atomic mass is 10.1. The Morgan fingerprint density at radius 2 is 1.54 bits per heavy atom. The number of nitrogens with zero attached hydrogens (tertiary/aromatic N) is 1. The first-order valence-corrected chi connectivity index (χ1v) is 10.3. The summed E-state index contributed by atoms with van der Waals surface area (Å²) in [5, 5.41) is 2.79. The topological polar surface area (TPSA) is 88.2 Å². The molecule has 0 aliphatic rings. The predicted octanol–water partition coefficient (Wildman–Crippen LogP) is 2.29. The first kappa shape index (κ1) is 19.7. The van der Waals surface area contributed by atoms with E-state index in [1.807, 2.05) is 36.4 Å². The van der Waals surface area contributed by atoms with Crippen molar-refractivity contribution in [3.05, 3.63) is 96.3 Å². The van der Waals surface area contributed by atoms with Crippen LogP contribution in [0.2, 0.25) is 0 Å². The predicted molar refractivity (Wildman–Crippen MR) is 107 cm³/mol. The summed E-state index contributed by atoms with van der Waals surface area (Å²) in [5.41, 5.74) is 1.69. The third-order valence-electron chi connectivity index (χ3n) is 4.14. The van der Waals surface area contributed by atoms with Crippen molar-refractivity contribution in [2.24, 2.45) is 0 Å². The minimum Gasteiger partial charge on any atom is -0.351 e. The van der Waals surface area contributed by atoms with E-state index in [2.05, 4.69) is 15.0 Å². The first-order valence-electron chi connectivity index (χ1n) is 8.82. The zero-order valence-electron chi connectivity index (χ0n) is 15.2. The van der Waals surface area contributed by atoms with Crippen LogP contribution in [-0.2, 0) is 27.8 Å². The van der Waals surface area contributed by atoms with Gasteiger partial charge in [-0.15, -0.1) is 0 Å². The maximum absolute atomic E-state index is 12.8. The molecule has 1 aromatic heterocycles. The molecule has 0 saturated carbocycles. The molecule has 3 aromatic rings. The van der Waals surface area contributed by atoms with Gasteiger partial charge in [-0.3, -0.25) is 9.78 Å². The molecule has 1 amide bonds. The Morgan fingerprint density at radius 3 is 2.18 bits per heavy atom. The molecule has 0 unspecified atom stereocenters. The molecular formula is C21H21N3O3S. The van der Waals surface area contributed by atoms with Gasteiger partial charge in [-0.1, -0.05) is 54.6 Å². The van der Waals surface area contributed by atoms with Crippen LogP contribution in [0.5, 0.6) is 0 Å². The van der Waals surface area contributed by atoms with Gasteiger partial charge >= 0.3 is 0 Å². The van der Waals surface area contributed by atoms with Crippen molar-refractivity contribution < 1.29 is 13.2 Å². The fourth-order valence-corrected chi connectivity index (χ4v) is 3.92. The van der Waals surface area contributed by atoms with E-state index in [4.69, 9.17) is 0 Å². The highest BCUT2D eigenvalue weighted by molar-refractivity contribution is 7.89. The van der Waals surface area contributed by atoms with E-state index in [1.54, 1.807) is 36.7 Å². The Balaban J connectivity index is 1.77. The minimum atomic E-state index is -3.83. The Labute approximate surface area is 164 Å². The van der Waals surface area contributed by atoms with E-state index in [9.17, 15) is 13.2 Å². The van der Waals surface area contributed by atoms with Crippen molar-refractivity contribution in [1.29, 1.82) is 0 Å². The van der Waals surface area contributed by atoms with Gasteiger partial charge in [0.1, 0.15) is 6.04 Å². The third-order valence-corrected chi connectivity index (χ3v) is 5.63. The highest BCUT2D eigenvalue weighted by Gasteiger charge is 2.25. The molecule has 0 saturated heterocycles. The summed E-state index contributed by atoms with van der Waals surface area (Å²) in [6, 6.07) is 20.0. The zero-order chi connectivity index (χ0) is 19.8. The number of amides is 1. The van der Waals surface area contributed by atoms with Crippen molar-refractivity contribution in [1.82, 2.24) is 15.0 Å². The minimum absolute atomic E-state index is 0.119. The second kappa shape index (κ2) is 9.25. The van der Waals surface area contributed by atoms with Crippen molar-refractivity contribution in [2.75, 3.05) is 0 Å². The second-order valence-corrected chi connectivity index (χ2v) is 7.97. The van der Waals surface area contributed by atoms with Crippen molar-refractivity contribution in [2.45, 2.75) is 23.9 Å². The number of benzene rings is 2. The summed E-state index contributed by atoms with van der Waals surface area (Å²) in [6.45, 7) is 0.269. The van der Waals surface area contributed by atoms with Gasteiger partial charge in [0.15, 0.2) is 0 Å². The molecule has 0 spiro atoms. The van der Waals surface area contributed by atoms with Gasteiger partial charge in [0.25, 0.3) is 0 Å². The van der Waals surface area contributed by atoms with E-state index in [-0.39, 0.29) is 17.9 Å². The van der Waals surface area contributed by atoms with Gasteiger partial charge < -0.3 is 5.32 Å². The van der Waals surface area contributed by atoms with E-state index >= 15 is 0 Å². The van der Waals surface area contributed by atoms with Crippen LogP contribution < -0.4 is 10.0 Å². The molecule has 1 atom stereocenters. The molecule has 2 aromatic carbocycles. The molecule has 28 heavy (non-hydrogen) atoms. The van der Waals surface area contributed by atoms with Crippen LogP contribution in [-0.4, -0.2) is 25.4 Å². The van der Waals surface area contributed by atoms with Crippen LogP contribution in [0, 0.1) is 0 Å². The summed E-state index contributed by atoms with van der Waals surface area (Å²) in [4.78, 5) is 16.9. The Hall–Kier alpha value is -3.03. The molecule has 0 radical (unpaired) electrons. The van der Waals surface area contributed by atoms with Gasteiger partial charge in [-0.25, -0.2) is 8.42 Å². The summed E-state index contributed by atoms with van der Waals surface area (Å²) >= 11 is 0. The molecule has 0 bridgehead atoms. The largest absolute Gasteiger partial charge is 0.351 e. The number of rotatable bonds is 8. The van der Waals surface area contributed by atoms with Gasteiger partial charge in [-0.05, 0) is 35.7 Å². The first-order chi connectivity index (χ1) is 13.5. The summed E-state index contributed by atoms with van der Waals surface area (Å²) in [5.74, 6) is -0.396. The normalized spacial score (nSPS) is 12.3. The lowest BCUT2D eigenvalue weighted by Gasteiger charge is -2.19. The fourth-order valence-electron chi connectivity index (χ4n) is 2.71. The van der Waals surface area contributed by atoms with E-state index in [0.717, 1.165) is 11.1 Å². The van der Waals surface area contributed by atoms with Crippen molar-refractivity contribution >= 4 is 15.9 Å². The lowest BCUT2D eigenvalue weighted by Crippen LogP contribution is -2.47. The average molecular weight is 395 g/mol. The van der Waals surface area contributed by atoms with Crippen LogP contribution >= 0.6 is 0 Å². The van der Waals surface area contributed by atoms with Gasteiger partial charge in [0.05, 0.1) is 4.90 Å². The maximum Gasteiger partial charge on any atom is 0.241 e. The van der Waals surface area contributed by atoms with Crippen molar-refractivity contribution in [3.63, 3.8) is 0 Å². The number of carbonyl (C=O) groups is 1. The summed E-state index contributed by atoms with van der Waals surface area (Å²) < 4.78 is 28.0. The highest BCUT2D eigenvalue weighted by Crippen LogP contribution is 2.11. The van der Waals surface area contributed by atoms with Crippen LogP contribution in [0.25, 0.3) is 0 Å². The van der Waals surface area contributed by atoms with E-state index in [1.165, 1.54) is 12.1 Å².